The van der Waals surface area contributed by atoms with Crippen molar-refractivity contribution in [2.45, 2.75) is 24.3 Å². The van der Waals surface area contributed by atoms with Gasteiger partial charge >= 0.3 is 6.09 Å². The first kappa shape index (κ1) is 14.6. The zero-order valence-electron chi connectivity index (χ0n) is 10.4. The number of carboxylic acid groups (broad SMARTS) is 1. The number of benzene rings is 1. The van der Waals surface area contributed by atoms with E-state index in [-0.39, 0.29) is 16.2 Å². The maximum atomic E-state index is 9.54. The van der Waals surface area contributed by atoms with Crippen LogP contribution >= 0.6 is 15.9 Å². The Morgan fingerprint density at radius 3 is 2.50 bits per heavy atom. The minimum absolute atomic E-state index is 0.141. The van der Waals surface area contributed by atoms with Crippen molar-refractivity contribution >= 4 is 22.0 Å². The van der Waals surface area contributed by atoms with Crippen molar-refractivity contribution in [3.63, 3.8) is 0 Å². The second kappa shape index (κ2) is 5.48. The molecule has 0 spiro atoms. The van der Waals surface area contributed by atoms with Crippen LogP contribution in [0.3, 0.4) is 0 Å². The van der Waals surface area contributed by atoms with E-state index in [0.29, 0.717) is 5.75 Å². The SMILES string of the molecule is CC1(C)Oc2c(O)cccc2C1Br.CNC(=O)O. The Balaban J connectivity index is 0.000000280. The molecule has 0 bridgehead atoms. The summed E-state index contributed by atoms with van der Waals surface area (Å²) in [7, 11) is 1.35. The second-order valence-electron chi connectivity index (χ2n) is 4.32. The minimum Gasteiger partial charge on any atom is -0.504 e. The van der Waals surface area contributed by atoms with E-state index in [1.54, 1.807) is 6.07 Å². The van der Waals surface area contributed by atoms with Crippen LogP contribution in [0, 0.1) is 0 Å². The summed E-state index contributed by atoms with van der Waals surface area (Å²) in [4.78, 5) is 9.40. The molecule has 1 unspecified atom stereocenters. The van der Waals surface area contributed by atoms with Crippen molar-refractivity contribution in [3.8, 4) is 11.5 Å². The smallest absolute Gasteiger partial charge is 0.404 e. The Morgan fingerprint density at radius 2 is 2.06 bits per heavy atom. The number of carbonyl (C=O) groups is 1. The molecule has 5 nitrogen and oxygen atoms in total. The first-order valence-electron chi connectivity index (χ1n) is 5.35. The van der Waals surface area contributed by atoms with Crippen LogP contribution in [-0.2, 0) is 0 Å². The highest BCUT2D eigenvalue weighted by Crippen LogP contribution is 2.51. The van der Waals surface area contributed by atoms with Gasteiger partial charge in [0.2, 0.25) is 0 Å². The Labute approximate surface area is 114 Å². The van der Waals surface area contributed by atoms with Crippen LogP contribution in [0.25, 0.3) is 0 Å². The first-order chi connectivity index (χ1) is 8.29. The van der Waals surface area contributed by atoms with Crippen molar-refractivity contribution in [2.75, 3.05) is 7.05 Å². The number of phenolic OH excluding ortho intramolecular Hbond substituents is 1. The molecule has 0 aliphatic carbocycles. The molecule has 1 aliphatic rings. The Hall–Kier alpha value is -1.43. The number of halogens is 1. The summed E-state index contributed by atoms with van der Waals surface area (Å²) >= 11 is 3.56. The van der Waals surface area contributed by atoms with Gasteiger partial charge in [-0.1, -0.05) is 28.1 Å². The van der Waals surface area contributed by atoms with Crippen molar-refractivity contribution in [1.29, 1.82) is 0 Å². The largest absolute Gasteiger partial charge is 0.504 e. The normalized spacial score (nSPS) is 19.0. The molecule has 1 aromatic carbocycles. The number of ether oxygens (including phenoxy) is 1. The quantitative estimate of drug-likeness (QED) is 0.643. The van der Waals surface area contributed by atoms with E-state index < -0.39 is 6.09 Å². The molecule has 1 aromatic rings. The van der Waals surface area contributed by atoms with Gasteiger partial charge < -0.3 is 20.3 Å². The van der Waals surface area contributed by atoms with Gasteiger partial charge in [-0.2, -0.15) is 0 Å². The topological polar surface area (TPSA) is 78.8 Å². The Morgan fingerprint density at radius 1 is 1.50 bits per heavy atom. The molecular formula is C12H16BrNO4. The fraction of sp³-hybridized carbons (Fsp3) is 0.417. The number of para-hydroxylation sites is 1. The maximum Gasteiger partial charge on any atom is 0.404 e. The lowest BCUT2D eigenvalue weighted by Gasteiger charge is -2.21. The van der Waals surface area contributed by atoms with Gasteiger partial charge in [-0.05, 0) is 19.9 Å². The number of rotatable bonds is 0. The Kier molecular flexibility index (Phi) is 4.45. The van der Waals surface area contributed by atoms with E-state index in [4.69, 9.17) is 9.84 Å². The fourth-order valence-electron chi connectivity index (χ4n) is 1.54. The molecule has 1 aliphatic heterocycles. The van der Waals surface area contributed by atoms with Gasteiger partial charge in [0.25, 0.3) is 0 Å². The van der Waals surface area contributed by atoms with E-state index in [1.807, 2.05) is 31.3 Å². The number of aromatic hydroxyl groups is 1. The predicted octanol–water partition coefficient (Wildman–Crippen LogP) is 2.88. The lowest BCUT2D eigenvalue weighted by Crippen LogP contribution is -2.26. The molecule has 0 saturated heterocycles. The van der Waals surface area contributed by atoms with Crippen LogP contribution in [-0.4, -0.2) is 29.0 Å². The van der Waals surface area contributed by atoms with Gasteiger partial charge in [0.15, 0.2) is 11.5 Å². The highest BCUT2D eigenvalue weighted by molar-refractivity contribution is 9.09. The highest BCUT2D eigenvalue weighted by Gasteiger charge is 2.40. The molecule has 2 rings (SSSR count). The fourth-order valence-corrected chi connectivity index (χ4v) is 2.00. The lowest BCUT2D eigenvalue weighted by atomic mass is 10.0. The number of hydrogen-bond donors (Lipinski definition) is 3. The van der Waals surface area contributed by atoms with Gasteiger partial charge in [0, 0.05) is 12.6 Å². The molecule has 3 N–H and O–H groups in total. The summed E-state index contributed by atoms with van der Waals surface area (Å²) in [5.74, 6) is 0.821. The maximum absolute atomic E-state index is 9.54. The van der Waals surface area contributed by atoms with Crippen molar-refractivity contribution in [3.05, 3.63) is 23.8 Å². The van der Waals surface area contributed by atoms with E-state index in [0.717, 1.165) is 5.56 Å². The third-order valence-corrected chi connectivity index (χ3v) is 4.08. The van der Waals surface area contributed by atoms with Crippen LogP contribution in [0.1, 0.15) is 24.2 Å². The van der Waals surface area contributed by atoms with Crippen molar-refractivity contribution in [1.82, 2.24) is 5.32 Å². The third-order valence-electron chi connectivity index (χ3n) is 2.49. The summed E-state index contributed by atoms with van der Waals surface area (Å²) in [6, 6.07) is 5.43. The second-order valence-corrected chi connectivity index (χ2v) is 5.23. The van der Waals surface area contributed by atoms with Crippen LogP contribution in [0.5, 0.6) is 11.5 Å². The number of phenols is 1. The molecular weight excluding hydrogens is 302 g/mol. The van der Waals surface area contributed by atoms with Gasteiger partial charge in [0.05, 0.1) is 4.83 Å². The molecule has 100 valence electrons. The van der Waals surface area contributed by atoms with E-state index >= 15 is 0 Å². The lowest BCUT2D eigenvalue weighted by molar-refractivity contribution is 0.133. The molecule has 1 atom stereocenters. The summed E-state index contributed by atoms with van der Waals surface area (Å²) in [6.07, 6.45) is -0.995. The van der Waals surface area contributed by atoms with Crippen molar-refractivity contribution in [2.24, 2.45) is 0 Å². The molecule has 18 heavy (non-hydrogen) atoms. The monoisotopic (exact) mass is 317 g/mol. The summed E-state index contributed by atoms with van der Waals surface area (Å²) in [5, 5.41) is 19.1. The average Bonchev–Trinajstić information content (AvgIpc) is 2.54. The number of hydrogen-bond acceptors (Lipinski definition) is 3. The number of alkyl halides is 1. The molecule has 6 heteroatoms. The number of fused-ring (bicyclic) bond motifs is 1. The number of amides is 1. The van der Waals surface area contributed by atoms with Crippen LogP contribution < -0.4 is 10.1 Å². The molecule has 1 heterocycles. The van der Waals surface area contributed by atoms with Gasteiger partial charge in [-0.3, -0.25) is 0 Å². The third kappa shape index (κ3) is 3.07. The number of nitrogens with one attached hydrogen (secondary N) is 1. The van der Waals surface area contributed by atoms with Crippen molar-refractivity contribution < 1.29 is 19.7 Å². The molecule has 0 aromatic heterocycles. The first-order valence-corrected chi connectivity index (χ1v) is 6.26. The van der Waals surface area contributed by atoms with Crippen LogP contribution in [0.15, 0.2) is 18.2 Å². The minimum atomic E-state index is -0.995. The van der Waals surface area contributed by atoms with E-state index in [9.17, 15) is 9.90 Å². The van der Waals surface area contributed by atoms with Crippen LogP contribution in [0.2, 0.25) is 0 Å². The molecule has 1 amide bonds. The summed E-state index contributed by atoms with van der Waals surface area (Å²) in [6.45, 7) is 3.98. The predicted molar refractivity (Wildman–Crippen MR) is 71.6 cm³/mol. The summed E-state index contributed by atoms with van der Waals surface area (Å²) in [5.41, 5.74) is 0.728. The summed E-state index contributed by atoms with van der Waals surface area (Å²) < 4.78 is 5.64. The highest BCUT2D eigenvalue weighted by atomic mass is 79.9. The molecule has 0 radical (unpaired) electrons. The standard InChI is InChI=1S/C10H11BrO2.C2H5NO2/c1-10(2)9(11)6-4-3-5-7(12)8(6)13-10;1-3-2(4)5/h3-5,9,12H,1-2H3;3H,1H3,(H,4,5). The van der Waals surface area contributed by atoms with Gasteiger partial charge in [0.1, 0.15) is 5.60 Å². The Bertz CT molecular complexity index is 448. The van der Waals surface area contributed by atoms with Gasteiger partial charge in [-0.25, -0.2) is 4.79 Å². The zero-order chi connectivity index (χ0) is 13.9. The van der Waals surface area contributed by atoms with E-state index in [2.05, 4.69) is 15.9 Å². The van der Waals surface area contributed by atoms with Crippen LogP contribution in [0.4, 0.5) is 4.79 Å². The molecule has 0 fully saturated rings. The van der Waals surface area contributed by atoms with Gasteiger partial charge in [-0.15, -0.1) is 0 Å². The van der Waals surface area contributed by atoms with E-state index in [1.165, 1.54) is 7.05 Å². The average molecular weight is 318 g/mol. The molecule has 0 saturated carbocycles. The zero-order valence-corrected chi connectivity index (χ0v) is 12.0.